The first-order valence-electron chi connectivity index (χ1n) is 3.97. The van der Waals surface area contributed by atoms with Gasteiger partial charge in [0.25, 0.3) is 0 Å². The minimum atomic E-state index is -0.561. The van der Waals surface area contributed by atoms with Gasteiger partial charge in [0.2, 0.25) is 0 Å². The number of hydrogen-bond acceptors (Lipinski definition) is 4. The zero-order valence-electron chi connectivity index (χ0n) is 7.11. The molecular formula is C9H7NO4. The molecule has 0 radical (unpaired) electrons. The van der Waals surface area contributed by atoms with Crippen molar-refractivity contribution in [1.29, 1.82) is 0 Å². The number of carbonyl (C=O) groups is 1. The molecule has 0 bridgehead atoms. The molecule has 2 aromatic rings. The quantitative estimate of drug-likeness (QED) is 0.671. The summed E-state index contributed by atoms with van der Waals surface area (Å²) in [6.07, 6.45) is 0. The van der Waals surface area contributed by atoms with Gasteiger partial charge in [-0.3, -0.25) is 9.78 Å². The van der Waals surface area contributed by atoms with Crippen LogP contribution in [0.4, 0.5) is 0 Å². The van der Waals surface area contributed by atoms with Crippen LogP contribution in [0.25, 0.3) is 11.1 Å². The molecule has 0 unspecified atom stereocenters. The van der Waals surface area contributed by atoms with E-state index in [-0.39, 0.29) is 0 Å². The number of nitrogens with one attached hydrogen (secondary N) is 1. The predicted molar refractivity (Wildman–Crippen MR) is 48.3 cm³/mol. The summed E-state index contributed by atoms with van der Waals surface area (Å²) in [7, 11) is 0. The lowest BCUT2D eigenvalue weighted by Crippen LogP contribution is -2.03. The maximum atomic E-state index is 11.1. The van der Waals surface area contributed by atoms with Crippen molar-refractivity contribution in [3.05, 3.63) is 34.3 Å². The Morgan fingerprint density at radius 1 is 1.50 bits per heavy atom. The van der Waals surface area contributed by atoms with E-state index in [0.29, 0.717) is 16.7 Å². The minimum absolute atomic E-state index is 0.314. The van der Waals surface area contributed by atoms with Crippen LogP contribution in [-0.2, 0) is 0 Å². The van der Waals surface area contributed by atoms with Crippen LogP contribution in [0, 0.1) is 0 Å². The van der Waals surface area contributed by atoms with Gasteiger partial charge >= 0.3 is 5.76 Å². The van der Waals surface area contributed by atoms with E-state index in [9.17, 15) is 9.59 Å². The molecule has 1 aromatic heterocycles. The number of Topliss-reactive ketones (excluding diaryl/α,β-unsaturated/α-hetero) is 1. The zero-order valence-corrected chi connectivity index (χ0v) is 7.11. The zero-order chi connectivity index (χ0) is 10.1. The first kappa shape index (κ1) is 8.71. The third kappa shape index (κ3) is 1.33. The normalized spacial score (nSPS) is 10.6. The molecule has 5 nitrogen and oxygen atoms in total. The molecule has 0 spiro atoms. The Hall–Kier alpha value is -1.88. The second-order valence-electron chi connectivity index (χ2n) is 2.81. The average Bonchev–Trinajstić information content (AvgIpc) is 2.55. The molecule has 0 aliphatic heterocycles. The first-order valence-corrected chi connectivity index (χ1v) is 3.97. The molecule has 0 saturated carbocycles. The monoisotopic (exact) mass is 193 g/mol. The second kappa shape index (κ2) is 3.12. The minimum Gasteiger partial charge on any atom is -0.408 e. The van der Waals surface area contributed by atoms with Crippen molar-refractivity contribution in [2.75, 3.05) is 6.61 Å². The second-order valence-corrected chi connectivity index (χ2v) is 2.81. The number of H-pyrrole nitrogens is 1. The summed E-state index contributed by atoms with van der Waals surface area (Å²) in [4.78, 5) is 24.3. The van der Waals surface area contributed by atoms with Gasteiger partial charge in [-0.25, -0.2) is 4.79 Å². The third-order valence-electron chi connectivity index (χ3n) is 1.89. The summed E-state index contributed by atoms with van der Waals surface area (Å²) in [5, 5.41) is 8.62. The van der Waals surface area contributed by atoms with E-state index in [1.807, 2.05) is 0 Å². The van der Waals surface area contributed by atoms with Gasteiger partial charge in [-0.05, 0) is 18.2 Å². The Morgan fingerprint density at radius 2 is 2.29 bits per heavy atom. The topological polar surface area (TPSA) is 83.3 Å². The Kier molecular flexibility index (Phi) is 1.94. The van der Waals surface area contributed by atoms with Crippen molar-refractivity contribution in [2.45, 2.75) is 0 Å². The van der Waals surface area contributed by atoms with Gasteiger partial charge in [0.15, 0.2) is 11.4 Å². The van der Waals surface area contributed by atoms with Crippen LogP contribution in [0.15, 0.2) is 27.4 Å². The average molecular weight is 193 g/mol. The molecule has 0 atom stereocenters. The summed E-state index contributed by atoms with van der Waals surface area (Å²) < 4.78 is 4.76. The number of hydrogen-bond donors (Lipinski definition) is 2. The lowest BCUT2D eigenvalue weighted by Gasteiger charge is -1.95. The molecule has 1 aromatic carbocycles. The largest absolute Gasteiger partial charge is 0.417 e. The highest BCUT2D eigenvalue weighted by Gasteiger charge is 2.07. The molecule has 0 saturated heterocycles. The molecule has 2 N–H and O–H groups in total. The van der Waals surface area contributed by atoms with Gasteiger partial charge in [0.05, 0.1) is 5.52 Å². The van der Waals surface area contributed by atoms with E-state index in [2.05, 4.69) is 4.98 Å². The maximum Gasteiger partial charge on any atom is 0.417 e. The number of aromatic amines is 1. The highest BCUT2D eigenvalue weighted by Crippen LogP contribution is 2.12. The molecule has 0 amide bonds. The van der Waals surface area contributed by atoms with Crippen LogP contribution in [0.1, 0.15) is 10.4 Å². The highest BCUT2D eigenvalue weighted by molar-refractivity contribution is 5.99. The number of aliphatic hydroxyl groups excluding tert-OH is 1. The van der Waals surface area contributed by atoms with Crippen LogP contribution in [-0.4, -0.2) is 22.5 Å². The summed E-state index contributed by atoms with van der Waals surface area (Å²) in [6.45, 7) is -0.555. The SMILES string of the molecule is O=C(CO)c1ccc2[nH]c(=O)oc2c1. The van der Waals surface area contributed by atoms with Crippen LogP contribution in [0.2, 0.25) is 0 Å². The summed E-state index contributed by atoms with van der Waals surface area (Å²) in [6, 6.07) is 4.50. The number of ketones is 1. The van der Waals surface area contributed by atoms with E-state index in [4.69, 9.17) is 9.52 Å². The van der Waals surface area contributed by atoms with Gasteiger partial charge in [-0.15, -0.1) is 0 Å². The maximum absolute atomic E-state index is 11.1. The van der Waals surface area contributed by atoms with E-state index in [0.717, 1.165) is 0 Å². The number of benzene rings is 1. The number of rotatable bonds is 2. The number of aliphatic hydroxyl groups is 1. The number of carbonyl (C=O) groups excluding carboxylic acids is 1. The first-order chi connectivity index (χ1) is 6.70. The van der Waals surface area contributed by atoms with Crippen LogP contribution >= 0.6 is 0 Å². The molecule has 0 fully saturated rings. The highest BCUT2D eigenvalue weighted by atomic mass is 16.4. The van der Waals surface area contributed by atoms with Crippen molar-refractivity contribution in [3.63, 3.8) is 0 Å². The smallest absolute Gasteiger partial charge is 0.408 e. The number of fused-ring (bicyclic) bond motifs is 1. The standard InChI is InChI=1S/C9H7NO4/c11-4-7(12)5-1-2-6-8(3-5)14-9(13)10-6/h1-3,11H,4H2,(H,10,13). The summed E-state index contributed by atoms with van der Waals surface area (Å²) >= 11 is 0. The van der Waals surface area contributed by atoms with Crippen molar-refractivity contribution in [3.8, 4) is 0 Å². The van der Waals surface area contributed by atoms with Crippen molar-refractivity contribution < 1.29 is 14.3 Å². The lowest BCUT2D eigenvalue weighted by atomic mass is 10.1. The van der Waals surface area contributed by atoms with Gasteiger partial charge in [-0.2, -0.15) is 0 Å². The van der Waals surface area contributed by atoms with E-state index < -0.39 is 18.1 Å². The molecule has 5 heteroatoms. The molecule has 1 heterocycles. The molecule has 72 valence electrons. The van der Waals surface area contributed by atoms with Gasteiger partial charge < -0.3 is 9.52 Å². The fraction of sp³-hybridized carbons (Fsp3) is 0.111. The third-order valence-corrected chi connectivity index (χ3v) is 1.89. The van der Waals surface area contributed by atoms with Gasteiger partial charge in [-0.1, -0.05) is 0 Å². The Balaban J connectivity index is 2.61. The van der Waals surface area contributed by atoms with Gasteiger partial charge in [0, 0.05) is 5.56 Å². The molecule has 2 rings (SSSR count). The predicted octanol–water partition coefficient (Wildman–Crippen LogP) is 0.296. The fourth-order valence-electron chi connectivity index (χ4n) is 1.21. The van der Waals surface area contributed by atoms with Crippen molar-refractivity contribution in [2.24, 2.45) is 0 Å². The van der Waals surface area contributed by atoms with E-state index >= 15 is 0 Å². The lowest BCUT2D eigenvalue weighted by molar-refractivity contribution is 0.0904. The van der Waals surface area contributed by atoms with Crippen molar-refractivity contribution in [1.82, 2.24) is 4.98 Å². The molecular weight excluding hydrogens is 186 g/mol. The Labute approximate surface area is 78.0 Å². The fourth-order valence-corrected chi connectivity index (χ4v) is 1.21. The van der Waals surface area contributed by atoms with E-state index in [1.54, 1.807) is 6.07 Å². The number of oxazole rings is 1. The van der Waals surface area contributed by atoms with E-state index in [1.165, 1.54) is 12.1 Å². The summed E-state index contributed by atoms with van der Waals surface area (Å²) in [5.74, 6) is -0.968. The van der Waals surface area contributed by atoms with Crippen LogP contribution in [0.5, 0.6) is 0 Å². The van der Waals surface area contributed by atoms with Crippen LogP contribution < -0.4 is 5.76 Å². The molecule has 0 aliphatic rings. The Morgan fingerprint density at radius 3 is 3.00 bits per heavy atom. The van der Waals surface area contributed by atoms with Gasteiger partial charge in [0.1, 0.15) is 6.61 Å². The van der Waals surface area contributed by atoms with Crippen LogP contribution in [0.3, 0.4) is 0 Å². The Bertz CT molecular complexity index is 537. The molecule has 0 aliphatic carbocycles. The van der Waals surface area contributed by atoms with Crippen molar-refractivity contribution >= 4 is 16.9 Å². The summed E-state index contributed by atoms with van der Waals surface area (Å²) in [5.41, 5.74) is 1.17. The molecule has 14 heavy (non-hydrogen) atoms. The number of aromatic nitrogens is 1.